The van der Waals surface area contributed by atoms with Crippen LogP contribution in [0.25, 0.3) is 0 Å². The molecule has 1 aliphatic carbocycles. The number of hydrogen-bond donors (Lipinski definition) is 2. The summed E-state index contributed by atoms with van der Waals surface area (Å²) in [5, 5.41) is 13.8. The van der Waals surface area contributed by atoms with E-state index < -0.39 is 0 Å². The molecule has 0 spiro atoms. The summed E-state index contributed by atoms with van der Waals surface area (Å²) < 4.78 is 0. The van der Waals surface area contributed by atoms with E-state index in [1.807, 2.05) is 12.1 Å². The van der Waals surface area contributed by atoms with E-state index in [0.717, 1.165) is 18.5 Å². The maximum atomic E-state index is 10.2. The Balaban J connectivity index is 2.05. The maximum absolute atomic E-state index is 10.2. The van der Waals surface area contributed by atoms with Crippen LogP contribution in [0.3, 0.4) is 0 Å². The molecular formula is C19H23NO. The van der Waals surface area contributed by atoms with Crippen LogP contribution in [0, 0.1) is 6.92 Å². The number of nitrogens with one attached hydrogen (secondary N) is 1. The molecule has 0 radical (unpaired) electrons. The van der Waals surface area contributed by atoms with E-state index in [9.17, 15) is 5.11 Å². The monoisotopic (exact) mass is 281 g/mol. The van der Waals surface area contributed by atoms with Crippen molar-refractivity contribution in [1.29, 1.82) is 0 Å². The number of aryl methyl sites for hydroxylation is 1. The number of fused-ring (bicyclic) bond motifs is 1. The summed E-state index contributed by atoms with van der Waals surface area (Å²) in [4.78, 5) is 0. The second-order valence-electron chi connectivity index (χ2n) is 6.21. The number of anilines is 1. The molecule has 0 aromatic heterocycles. The Morgan fingerprint density at radius 1 is 1.14 bits per heavy atom. The second kappa shape index (κ2) is 5.53. The zero-order chi connectivity index (χ0) is 14.9. The number of aliphatic hydroxyl groups is 1. The number of rotatable bonds is 3. The fourth-order valence-electron chi connectivity index (χ4n) is 3.42. The summed E-state index contributed by atoms with van der Waals surface area (Å²) in [6, 6.07) is 16.8. The van der Waals surface area contributed by atoms with Gasteiger partial charge in [0.2, 0.25) is 0 Å². The van der Waals surface area contributed by atoms with E-state index in [4.69, 9.17) is 0 Å². The average Bonchev–Trinajstić information content (AvgIpc) is 2.53. The topological polar surface area (TPSA) is 32.3 Å². The Morgan fingerprint density at radius 2 is 1.86 bits per heavy atom. The first-order chi connectivity index (χ1) is 10.2. The van der Waals surface area contributed by atoms with Gasteiger partial charge >= 0.3 is 0 Å². The lowest BCUT2D eigenvalue weighted by Gasteiger charge is -2.41. The minimum Gasteiger partial charge on any atom is -0.394 e. The number of para-hydroxylation sites is 1. The van der Waals surface area contributed by atoms with Gasteiger partial charge in [-0.3, -0.25) is 0 Å². The third-order valence-corrected chi connectivity index (χ3v) is 4.80. The van der Waals surface area contributed by atoms with Crippen LogP contribution in [0.15, 0.2) is 48.5 Å². The quantitative estimate of drug-likeness (QED) is 0.884. The predicted molar refractivity (Wildman–Crippen MR) is 87.7 cm³/mol. The van der Waals surface area contributed by atoms with Crippen LogP contribution in [0.5, 0.6) is 0 Å². The molecule has 21 heavy (non-hydrogen) atoms. The molecule has 2 unspecified atom stereocenters. The molecule has 110 valence electrons. The first kappa shape index (κ1) is 14.2. The van der Waals surface area contributed by atoms with Gasteiger partial charge in [-0.25, -0.2) is 0 Å². The van der Waals surface area contributed by atoms with Gasteiger partial charge in [0.05, 0.1) is 12.1 Å². The van der Waals surface area contributed by atoms with E-state index in [1.54, 1.807) is 0 Å². The van der Waals surface area contributed by atoms with Gasteiger partial charge in [-0.2, -0.15) is 0 Å². The highest BCUT2D eigenvalue weighted by Gasteiger charge is 2.38. The van der Waals surface area contributed by atoms with Gasteiger partial charge in [0.1, 0.15) is 0 Å². The van der Waals surface area contributed by atoms with Crippen LogP contribution in [-0.2, 0) is 5.54 Å². The third-order valence-electron chi connectivity index (χ3n) is 4.80. The summed E-state index contributed by atoms with van der Waals surface area (Å²) in [6.45, 7) is 4.49. The number of benzene rings is 2. The van der Waals surface area contributed by atoms with Crippen LogP contribution >= 0.6 is 0 Å². The molecule has 1 aliphatic rings. The molecule has 0 fully saturated rings. The average molecular weight is 281 g/mol. The Labute approximate surface area is 126 Å². The molecule has 0 saturated carbocycles. The molecule has 2 atom stereocenters. The minimum absolute atomic E-state index is 0.116. The van der Waals surface area contributed by atoms with Crippen LogP contribution in [0.2, 0.25) is 0 Å². The molecule has 2 aromatic rings. The van der Waals surface area contributed by atoms with Gasteiger partial charge in [0.25, 0.3) is 0 Å². The highest BCUT2D eigenvalue weighted by atomic mass is 16.3. The first-order valence-electron chi connectivity index (χ1n) is 7.70. The van der Waals surface area contributed by atoms with E-state index >= 15 is 0 Å². The molecule has 2 N–H and O–H groups in total. The normalized spacial score (nSPS) is 24.4. The largest absolute Gasteiger partial charge is 0.394 e. The summed E-state index contributed by atoms with van der Waals surface area (Å²) in [7, 11) is 0. The van der Waals surface area contributed by atoms with Crippen molar-refractivity contribution in [2.75, 3.05) is 11.9 Å². The fourth-order valence-corrected chi connectivity index (χ4v) is 3.42. The summed E-state index contributed by atoms with van der Waals surface area (Å²) in [5.74, 6) is 0.555. The van der Waals surface area contributed by atoms with Gasteiger partial charge < -0.3 is 10.4 Å². The van der Waals surface area contributed by atoms with Gasteiger partial charge in [-0.15, -0.1) is 0 Å². The van der Waals surface area contributed by atoms with Crippen molar-refractivity contribution in [2.45, 2.75) is 38.1 Å². The number of hydrogen-bond acceptors (Lipinski definition) is 2. The highest BCUT2D eigenvalue weighted by molar-refractivity contribution is 5.55. The molecular weight excluding hydrogens is 258 g/mol. The summed E-state index contributed by atoms with van der Waals surface area (Å²) in [5.41, 5.74) is 4.56. The smallest absolute Gasteiger partial charge is 0.0859 e. The zero-order valence-electron chi connectivity index (χ0n) is 12.8. The van der Waals surface area contributed by atoms with Crippen molar-refractivity contribution in [3.8, 4) is 0 Å². The predicted octanol–water partition coefficient (Wildman–Crippen LogP) is 4.19. The molecule has 0 bridgehead atoms. The number of aliphatic hydroxyl groups excluding tert-OH is 1. The molecule has 0 amide bonds. The van der Waals surface area contributed by atoms with Gasteiger partial charge in [-0.1, -0.05) is 49.4 Å². The van der Waals surface area contributed by atoms with E-state index in [-0.39, 0.29) is 12.1 Å². The van der Waals surface area contributed by atoms with Crippen molar-refractivity contribution in [2.24, 2.45) is 0 Å². The third kappa shape index (κ3) is 2.44. The lowest BCUT2D eigenvalue weighted by molar-refractivity contribution is 0.190. The summed E-state index contributed by atoms with van der Waals surface area (Å²) in [6.07, 6.45) is 2.05. The van der Waals surface area contributed by atoms with Crippen LogP contribution < -0.4 is 5.32 Å². The van der Waals surface area contributed by atoms with Crippen LogP contribution in [-0.4, -0.2) is 11.7 Å². The zero-order valence-corrected chi connectivity index (χ0v) is 12.8. The lowest BCUT2D eigenvalue weighted by Crippen LogP contribution is -2.43. The Hall–Kier alpha value is -1.80. The molecule has 3 rings (SSSR count). The van der Waals surface area contributed by atoms with Crippen molar-refractivity contribution in [3.63, 3.8) is 0 Å². The molecule has 2 heteroatoms. The minimum atomic E-state index is -0.366. The Kier molecular flexibility index (Phi) is 3.73. The lowest BCUT2D eigenvalue weighted by atomic mass is 9.72. The molecule has 0 saturated heterocycles. The van der Waals surface area contributed by atoms with Gasteiger partial charge in [-0.05, 0) is 48.4 Å². The van der Waals surface area contributed by atoms with Gasteiger partial charge in [0, 0.05) is 5.69 Å². The standard InChI is InChI=1S/C19H23NO/c1-14-11-12-19(13-21,17-9-5-4-8-16(14)17)20-18-10-6-3-7-15(18)2/h3-10,14,20-21H,11-13H2,1-2H3. The van der Waals surface area contributed by atoms with Crippen LogP contribution in [0.1, 0.15) is 42.4 Å². The fraction of sp³-hybridized carbons (Fsp3) is 0.368. The van der Waals surface area contributed by atoms with Gasteiger partial charge in [0.15, 0.2) is 0 Å². The molecule has 0 aliphatic heterocycles. The Morgan fingerprint density at radius 3 is 2.62 bits per heavy atom. The second-order valence-corrected chi connectivity index (χ2v) is 6.21. The summed E-state index contributed by atoms with van der Waals surface area (Å²) >= 11 is 0. The van der Waals surface area contributed by atoms with Crippen LogP contribution in [0.4, 0.5) is 5.69 Å². The van der Waals surface area contributed by atoms with E-state index in [0.29, 0.717) is 5.92 Å². The van der Waals surface area contributed by atoms with E-state index in [2.05, 4.69) is 55.6 Å². The van der Waals surface area contributed by atoms with Crippen molar-refractivity contribution < 1.29 is 5.11 Å². The van der Waals surface area contributed by atoms with E-state index in [1.165, 1.54) is 16.7 Å². The first-order valence-corrected chi connectivity index (χ1v) is 7.70. The highest BCUT2D eigenvalue weighted by Crippen LogP contribution is 2.43. The molecule has 0 heterocycles. The maximum Gasteiger partial charge on any atom is 0.0859 e. The molecule has 2 aromatic carbocycles. The Bertz CT molecular complexity index is 637. The van der Waals surface area contributed by atoms with Crippen molar-refractivity contribution in [3.05, 3.63) is 65.2 Å². The van der Waals surface area contributed by atoms with Crippen molar-refractivity contribution >= 4 is 5.69 Å². The van der Waals surface area contributed by atoms with Crippen molar-refractivity contribution in [1.82, 2.24) is 0 Å². The SMILES string of the molecule is Cc1ccccc1NC1(CO)CCC(C)c2ccccc21. The molecule has 2 nitrogen and oxygen atoms in total.